The molecule has 0 spiro atoms. The third-order valence-electron chi connectivity index (χ3n) is 3.11. The van der Waals surface area contributed by atoms with Gasteiger partial charge in [-0.1, -0.05) is 50.1 Å². The van der Waals surface area contributed by atoms with Gasteiger partial charge in [0.05, 0.1) is 7.11 Å². The highest BCUT2D eigenvalue weighted by atomic mass is 16.5. The first-order valence-electron chi connectivity index (χ1n) is 7.08. The van der Waals surface area contributed by atoms with E-state index in [9.17, 15) is 9.59 Å². The lowest BCUT2D eigenvalue weighted by Gasteiger charge is -2.16. The minimum Gasteiger partial charge on any atom is -0.467 e. The fraction of sp³-hybridized carbons (Fsp3) is 0.500. The first kappa shape index (κ1) is 16.2. The molecule has 20 heavy (non-hydrogen) atoms. The molecule has 1 aromatic carbocycles. The number of rotatable bonds is 8. The van der Waals surface area contributed by atoms with Crippen molar-refractivity contribution in [3.8, 4) is 0 Å². The molecule has 0 radical (unpaired) electrons. The molecule has 0 unspecified atom stereocenters. The quantitative estimate of drug-likeness (QED) is 0.586. The Bertz CT molecular complexity index is 417. The van der Waals surface area contributed by atoms with Crippen LogP contribution in [0.3, 0.4) is 0 Å². The van der Waals surface area contributed by atoms with E-state index >= 15 is 0 Å². The van der Waals surface area contributed by atoms with Crippen molar-refractivity contribution >= 4 is 11.9 Å². The molecular weight excluding hydrogens is 254 g/mol. The summed E-state index contributed by atoms with van der Waals surface area (Å²) >= 11 is 0. The highest BCUT2D eigenvalue weighted by molar-refractivity contribution is 5.84. The molecule has 1 aromatic rings. The van der Waals surface area contributed by atoms with Gasteiger partial charge in [0.1, 0.15) is 6.04 Å². The number of hydrogen-bond donors (Lipinski definition) is 1. The number of nitrogens with one attached hydrogen (secondary N) is 1. The SMILES string of the molecule is CCCCCC(=O)N[C@@H](Cc1ccccc1)C(=O)OC. The van der Waals surface area contributed by atoms with Crippen LogP contribution in [0, 0.1) is 0 Å². The van der Waals surface area contributed by atoms with Gasteiger partial charge in [-0.3, -0.25) is 4.79 Å². The molecule has 0 aliphatic carbocycles. The average molecular weight is 277 g/mol. The van der Waals surface area contributed by atoms with Gasteiger partial charge in [-0.05, 0) is 12.0 Å². The lowest BCUT2D eigenvalue weighted by Crippen LogP contribution is -2.43. The monoisotopic (exact) mass is 277 g/mol. The second-order valence-electron chi connectivity index (χ2n) is 4.79. The Balaban J connectivity index is 2.56. The van der Waals surface area contributed by atoms with Crippen LogP contribution in [0.5, 0.6) is 0 Å². The van der Waals surface area contributed by atoms with Gasteiger partial charge in [0.25, 0.3) is 0 Å². The smallest absolute Gasteiger partial charge is 0.328 e. The third kappa shape index (κ3) is 5.87. The normalized spacial score (nSPS) is 11.7. The molecular formula is C16H23NO3. The van der Waals surface area contributed by atoms with Crippen molar-refractivity contribution in [1.29, 1.82) is 0 Å². The molecule has 0 heterocycles. The first-order chi connectivity index (χ1) is 9.67. The van der Waals surface area contributed by atoms with Crippen LogP contribution in [0.4, 0.5) is 0 Å². The lowest BCUT2D eigenvalue weighted by atomic mass is 10.1. The van der Waals surface area contributed by atoms with Gasteiger partial charge in [-0.15, -0.1) is 0 Å². The van der Waals surface area contributed by atoms with Gasteiger partial charge in [0.2, 0.25) is 5.91 Å². The third-order valence-corrected chi connectivity index (χ3v) is 3.11. The molecule has 0 aliphatic rings. The van der Waals surface area contributed by atoms with Gasteiger partial charge in [-0.25, -0.2) is 4.79 Å². The summed E-state index contributed by atoms with van der Waals surface area (Å²) in [6.45, 7) is 2.09. The lowest BCUT2D eigenvalue weighted by molar-refractivity contribution is -0.145. The summed E-state index contributed by atoms with van der Waals surface area (Å²) in [7, 11) is 1.34. The summed E-state index contributed by atoms with van der Waals surface area (Å²) in [6, 6.07) is 8.98. The zero-order valence-corrected chi connectivity index (χ0v) is 12.2. The summed E-state index contributed by atoms with van der Waals surface area (Å²) in [5.74, 6) is -0.498. The molecule has 1 amide bonds. The van der Waals surface area contributed by atoms with Crippen LogP contribution in [-0.4, -0.2) is 25.0 Å². The predicted octanol–water partition coefficient (Wildman–Crippen LogP) is 2.47. The van der Waals surface area contributed by atoms with Crippen LogP contribution < -0.4 is 5.32 Å². The Kier molecular flexibility index (Phi) is 7.40. The molecule has 0 saturated carbocycles. The standard InChI is InChI=1S/C16H23NO3/c1-3-4-6-11-15(18)17-14(16(19)20-2)12-13-9-7-5-8-10-13/h5,7-10,14H,3-4,6,11-12H2,1-2H3,(H,17,18)/t14-/m0/s1. The van der Waals surface area contributed by atoms with E-state index in [1.165, 1.54) is 7.11 Å². The number of ether oxygens (including phenoxy) is 1. The van der Waals surface area contributed by atoms with Crippen LogP contribution in [0.2, 0.25) is 0 Å². The number of esters is 1. The van der Waals surface area contributed by atoms with Crippen LogP contribution in [0.25, 0.3) is 0 Å². The van der Waals surface area contributed by atoms with E-state index in [0.29, 0.717) is 12.8 Å². The van der Waals surface area contributed by atoms with E-state index in [1.807, 2.05) is 30.3 Å². The van der Waals surface area contributed by atoms with Crippen molar-refractivity contribution < 1.29 is 14.3 Å². The summed E-state index contributed by atoms with van der Waals surface area (Å²) in [6.07, 6.45) is 3.84. The molecule has 0 saturated heterocycles. The minimum atomic E-state index is -0.614. The maximum Gasteiger partial charge on any atom is 0.328 e. The van der Waals surface area contributed by atoms with E-state index in [1.54, 1.807) is 0 Å². The van der Waals surface area contributed by atoms with Crippen molar-refractivity contribution in [3.05, 3.63) is 35.9 Å². The molecule has 0 fully saturated rings. The molecule has 0 aliphatic heterocycles. The number of carbonyl (C=O) groups is 2. The molecule has 1 rings (SSSR count). The highest BCUT2D eigenvalue weighted by Gasteiger charge is 2.21. The molecule has 1 N–H and O–H groups in total. The van der Waals surface area contributed by atoms with Crippen LogP contribution in [0.1, 0.15) is 38.2 Å². The van der Waals surface area contributed by atoms with E-state index in [2.05, 4.69) is 12.2 Å². The maximum atomic E-state index is 11.8. The van der Waals surface area contributed by atoms with Gasteiger partial charge < -0.3 is 10.1 Å². The Hall–Kier alpha value is -1.84. The number of amides is 1. The highest BCUT2D eigenvalue weighted by Crippen LogP contribution is 2.06. The number of unbranched alkanes of at least 4 members (excludes halogenated alkanes) is 2. The number of carbonyl (C=O) groups excluding carboxylic acids is 2. The Labute approximate surface area is 120 Å². The van der Waals surface area contributed by atoms with Crippen molar-refractivity contribution in [2.45, 2.75) is 45.1 Å². The number of methoxy groups -OCH3 is 1. The fourth-order valence-electron chi connectivity index (χ4n) is 1.99. The molecule has 110 valence electrons. The van der Waals surface area contributed by atoms with Gasteiger partial charge in [-0.2, -0.15) is 0 Å². The maximum absolute atomic E-state index is 11.8. The van der Waals surface area contributed by atoms with Crippen LogP contribution >= 0.6 is 0 Å². The molecule has 1 atom stereocenters. The average Bonchev–Trinajstić information content (AvgIpc) is 2.47. The summed E-state index contributed by atoms with van der Waals surface area (Å²) < 4.78 is 4.76. The van der Waals surface area contributed by atoms with E-state index in [-0.39, 0.29) is 5.91 Å². The van der Waals surface area contributed by atoms with E-state index < -0.39 is 12.0 Å². The van der Waals surface area contributed by atoms with Crippen molar-refractivity contribution in [3.63, 3.8) is 0 Å². The van der Waals surface area contributed by atoms with Crippen LogP contribution in [-0.2, 0) is 20.7 Å². The first-order valence-corrected chi connectivity index (χ1v) is 7.08. The Morgan fingerprint density at radius 3 is 2.50 bits per heavy atom. The Morgan fingerprint density at radius 1 is 1.20 bits per heavy atom. The summed E-state index contributed by atoms with van der Waals surface area (Å²) in [5, 5.41) is 2.76. The number of benzene rings is 1. The van der Waals surface area contributed by atoms with Gasteiger partial charge in [0, 0.05) is 12.8 Å². The number of hydrogen-bond acceptors (Lipinski definition) is 3. The van der Waals surface area contributed by atoms with Gasteiger partial charge in [0.15, 0.2) is 0 Å². The van der Waals surface area contributed by atoms with Gasteiger partial charge >= 0.3 is 5.97 Å². The molecule has 0 bridgehead atoms. The topological polar surface area (TPSA) is 55.4 Å². The molecule has 4 heteroatoms. The predicted molar refractivity (Wildman–Crippen MR) is 78.2 cm³/mol. The zero-order valence-electron chi connectivity index (χ0n) is 12.2. The minimum absolute atomic E-state index is 0.0928. The molecule has 0 aromatic heterocycles. The van der Waals surface area contributed by atoms with E-state index in [4.69, 9.17) is 4.74 Å². The second kappa shape index (κ2) is 9.13. The Morgan fingerprint density at radius 2 is 1.90 bits per heavy atom. The second-order valence-corrected chi connectivity index (χ2v) is 4.79. The molecule has 4 nitrogen and oxygen atoms in total. The fourth-order valence-corrected chi connectivity index (χ4v) is 1.99. The van der Waals surface area contributed by atoms with E-state index in [0.717, 1.165) is 24.8 Å². The van der Waals surface area contributed by atoms with Crippen molar-refractivity contribution in [2.75, 3.05) is 7.11 Å². The summed E-state index contributed by atoms with van der Waals surface area (Å²) in [5.41, 5.74) is 0.997. The zero-order chi connectivity index (χ0) is 14.8. The van der Waals surface area contributed by atoms with Crippen molar-refractivity contribution in [2.24, 2.45) is 0 Å². The summed E-state index contributed by atoms with van der Waals surface area (Å²) in [4.78, 5) is 23.6. The van der Waals surface area contributed by atoms with Crippen molar-refractivity contribution in [1.82, 2.24) is 5.32 Å². The largest absolute Gasteiger partial charge is 0.467 e. The van der Waals surface area contributed by atoms with Crippen LogP contribution in [0.15, 0.2) is 30.3 Å².